The summed E-state index contributed by atoms with van der Waals surface area (Å²) in [5, 5.41) is 2.98. The lowest BCUT2D eigenvalue weighted by Gasteiger charge is -2.38. The zero-order valence-electron chi connectivity index (χ0n) is 23.3. The van der Waals surface area contributed by atoms with Crippen molar-refractivity contribution in [2.45, 2.75) is 20.3 Å². The zero-order chi connectivity index (χ0) is 27.8. The van der Waals surface area contributed by atoms with E-state index in [0.29, 0.717) is 24.3 Å². The van der Waals surface area contributed by atoms with Gasteiger partial charge in [0.05, 0.1) is 31.9 Å². The average molecular weight is 531 g/mol. The number of hydrogen-bond donors (Lipinski definition) is 1. The van der Waals surface area contributed by atoms with Gasteiger partial charge in [-0.1, -0.05) is 24.3 Å². The fraction of sp³-hybridized carbons (Fsp3) is 0.355. The lowest BCUT2D eigenvalue weighted by Crippen LogP contribution is -2.47. The first-order chi connectivity index (χ1) is 19.0. The Hall–Kier alpha value is -4.20. The highest BCUT2D eigenvalue weighted by atomic mass is 16.5. The summed E-state index contributed by atoms with van der Waals surface area (Å²) in [5.41, 5.74) is 4.07. The molecule has 0 aromatic heterocycles. The van der Waals surface area contributed by atoms with Crippen molar-refractivity contribution in [2.75, 3.05) is 68.6 Å². The van der Waals surface area contributed by atoms with Crippen LogP contribution in [-0.2, 0) is 11.2 Å². The minimum Gasteiger partial charge on any atom is -0.497 e. The van der Waals surface area contributed by atoms with Gasteiger partial charge < -0.3 is 29.5 Å². The molecular weight excluding hydrogens is 492 g/mol. The summed E-state index contributed by atoms with van der Waals surface area (Å²) in [4.78, 5) is 32.8. The number of methoxy groups -OCH3 is 2. The quantitative estimate of drug-likeness (QED) is 0.410. The van der Waals surface area contributed by atoms with Gasteiger partial charge >= 0.3 is 0 Å². The Bertz CT molecular complexity index is 1270. The highest BCUT2D eigenvalue weighted by Gasteiger charge is 2.25. The van der Waals surface area contributed by atoms with Crippen molar-refractivity contribution in [3.8, 4) is 11.5 Å². The van der Waals surface area contributed by atoms with E-state index >= 15 is 0 Å². The van der Waals surface area contributed by atoms with Crippen LogP contribution in [0.2, 0.25) is 0 Å². The standard InChI is InChI=1S/C31H38N4O4/c1-5-33(6-2)31(37)26-22-24(32-30(36)21-23-11-14-25(38-3)15-12-23)13-16-27(26)34-17-19-35(20-18-34)28-9-7-8-10-29(28)39-4/h7-16,22H,5-6,17-21H2,1-4H3,(H,32,36). The van der Waals surface area contributed by atoms with Crippen molar-refractivity contribution in [3.63, 3.8) is 0 Å². The van der Waals surface area contributed by atoms with Gasteiger partial charge in [0.1, 0.15) is 11.5 Å². The van der Waals surface area contributed by atoms with Crippen LogP contribution in [0.15, 0.2) is 66.7 Å². The summed E-state index contributed by atoms with van der Waals surface area (Å²) in [6, 6.07) is 21.1. The molecule has 0 aliphatic carbocycles. The lowest BCUT2D eigenvalue weighted by molar-refractivity contribution is -0.115. The van der Waals surface area contributed by atoms with Crippen LogP contribution in [0.1, 0.15) is 29.8 Å². The second-order valence-corrected chi connectivity index (χ2v) is 9.43. The van der Waals surface area contributed by atoms with Gasteiger partial charge in [-0.25, -0.2) is 0 Å². The maximum absolute atomic E-state index is 13.6. The van der Waals surface area contributed by atoms with Gasteiger partial charge in [0, 0.05) is 50.6 Å². The number of benzene rings is 3. The number of hydrogen-bond acceptors (Lipinski definition) is 6. The molecule has 1 aliphatic rings. The van der Waals surface area contributed by atoms with Crippen molar-refractivity contribution < 1.29 is 19.1 Å². The number of rotatable bonds is 10. The topological polar surface area (TPSA) is 74.4 Å². The van der Waals surface area contributed by atoms with Crippen LogP contribution in [0.3, 0.4) is 0 Å². The molecule has 3 aromatic carbocycles. The fourth-order valence-corrected chi connectivity index (χ4v) is 4.96. The third kappa shape index (κ3) is 6.63. The molecule has 1 saturated heterocycles. The molecule has 4 rings (SSSR count). The van der Waals surface area contributed by atoms with Crippen LogP contribution in [-0.4, -0.2) is 70.2 Å². The number of nitrogens with zero attached hydrogens (tertiary/aromatic N) is 3. The zero-order valence-corrected chi connectivity index (χ0v) is 23.3. The van der Waals surface area contributed by atoms with Crippen LogP contribution in [0.25, 0.3) is 0 Å². The van der Waals surface area contributed by atoms with Gasteiger partial charge in [-0.15, -0.1) is 0 Å². The molecule has 3 aromatic rings. The smallest absolute Gasteiger partial charge is 0.256 e. The Morgan fingerprint density at radius 3 is 2.08 bits per heavy atom. The molecule has 1 N–H and O–H groups in total. The normalized spacial score (nSPS) is 13.1. The molecule has 0 atom stereocenters. The van der Waals surface area contributed by atoms with Gasteiger partial charge in [0.2, 0.25) is 5.91 Å². The molecule has 1 heterocycles. The number of carbonyl (C=O) groups is 2. The number of para-hydroxylation sites is 2. The van der Waals surface area contributed by atoms with Crippen LogP contribution in [0.5, 0.6) is 11.5 Å². The van der Waals surface area contributed by atoms with Crippen molar-refractivity contribution in [2.24, 2.45) is 0 Å². The third-order valence-corrected chi connectivity index (χ3v) is 7.13. The predicted octanol–water partition coefficient (Wildman–Crippen LogP) is 4.69. The number of amides is 2. The van der Waals surface area contributed by atoms with Gasteiger partial charge in [-0.05, 0) is 61.9 Å². The number of piperazine rings is 1. The van der Waals surface area contributed by atoms with Gasteiger partial charge in [0.15, 0.2) is 0 Å². The van der Waals surface area contributed by atoms with E-state index in [2.05, 4.69) is 21.2 Å². The number of ether oxygens (including phenoxy) is 2. The second kappa shape index (κ2) is 13.0. The molecule has 1 aliphatic heterocycles. The van der Waals surface area contributed by atoms with E-state index in [4.69, 9.17) is 9.47 Å². The first-order valence-electron chi connectivity index (χ1n) is 13.5. The van der Waals surface area contributed by atoms with Crippen LogP contribution in [0.4, 0.5) is 17.1 Å². The minimum absolute atomic E-state index is 0.0339. The molecule has 8 nitrogen and oxygen atoms in total. The summed E-state index contributed by atoms with van der Waals surface area (Å²) in [7, 11) is 3.31. The Labute approximate surface area is 231 Å². The van der Waals surface area contributed by atoms with E-state index in [-0.39, 0.29) is 18.2 Å². The van der Waals surface area contributed by atoms with Crippen LogP contribution in [0, 0.1) is 0 Å². The average Bonchev–Trinajstić information content (AvgIpc) is 2.98. The van der Waals surface area contributed by atoms with Crippen molar-refractivity contribution >= 4 is 28.9 Å². The molecule has 206 valence electrons. The SMILES string of the molecule is CCN(CC)C(=O)c1cc(NC(=O)Cc2ccc(OC)cc2)ccc1N1CCN(c2ccccc2OC)CC1. The lowest BCUT2D eigenvalue weighted by atomic mass is 10.1. The number of nitrogens with one attached hydrogen (secondary N) is 1. The summed E-state index contributed by atoms with van der Waals surface area (Å²) in [5.74, 6) is 1.43. The minimum atomic E-state index is -0.139. The summed E-state index contributed by atoms with van der Waals surface area (Å²) in [6.45, 7) is 8.33. The van der Waals surface area contributed by atoms with Gasteiger partial charge in [-0.2, -0.15) is 0 Å². The van der Waals surface area contributed by atoms with Crippen molar-refractivity contribution in [1.29, 1.82) is 0 Å². The Morgan fingerprint density at radius 2 is 1.46 bits per heavy atom. The Balaban J connectivity index is 1.52. The van der Waals surface area contributed by atoms with Gasteiger partial charge in [0.25, 0.3) is 5.91 Å². The molecule has 39 heavy (non-hydrogen) atoms. The fourth-order valence-electron chi connectivity index (χ4n) is 4.96. The maximum atomic E-state index is 13.6. The molecule has 1 fully saturated rings. The summed E-state index contributed by atoms with van der Waals surface area (Å²) >= 11 is 0. The van der Waals surface area contributed by atoms with E-state index in [1.165, 1.54) is 0 Å². The first-order valence-corrected chi connectivity index (χ1v) is 13.5. The van der Waals surface area contributed by atoms with E-state index < -0.39 is 0 Å². The Kier molecular flexibility index (Phi) is 9.31. The van der Waals surface area contributed by atoms with Crippen molar-refractivity contribution in [3.05, 3.63) is 77.9 Å². The molecule has 0 radical (unpaired) electrons. The monoisotopic (exact) mass is 530 g/mol. The summed E-state index contributed by atoms with van der Waals surface area (Å²) < 4.78 is 10.8. The molecule has 0 spiro atoms. The molecule has 0 saturated carbocycles. The third-order valence-electron chi connectivity index (χ3n) is 7.13. The molecule has 8 heteroatoms. The van der Waals surface area contributed by atoms with E-state index in [1.807, 2.05) is 79.4 Å². The molecule has 2 amide bonds. The molecular formula is C31H38N4O4. The predicted molar refractivity (Wildman–Crippen MR) is 156 cm³/mol. The summed E-state index contributed by atoms with van der Waals surface area (Å²) in [6.07, 6.45) is 0.232. The first kappa shape index (κ1) is 27.8. The van der Waals surface area contributed by atoms with E-state index in [9.17, 15) is 9.59 Å². The van der Waals surface area contributed by atoms with Crippen LogP contribution < -0.4 is 24.6 Å². The highest BCUT2D eigenvalue weighted by Crippen LogP contribution is 2.31. The van der Waals surface area contributed by atoms with E-state index in [1.54, 1.807) is 14.2 Å². The highest BCUT2D eigenvalue weighted by molar-refractivity contribution is 6.02. The van der Waals surface area contributed by atoms with E-state index in [0.717, 1.165) is 54.6 Å². The van der Waals surface area contributed by atoms with Gasteiger partial charge in [-0.3, -0.25) is 9.59 Å². The van der Waals surface area contributed by atoms with Crippen LogP contribution >= 0.6 is 0 Å². The maximum Gasteiger partial charge on any atom is 0.256 e. The number of carbonyl (C=O) groups excluding carboxylic acids is 2. The largest absolute Gasteiger partial charge is 0.497 e. The number of anilines is 3. The Morgan fingerprint density at radius 1 is 0.821 bits per heavy atom. The molecule has 0 unspecified atom stereocenters. The molecule has 0 bridgehead atoms. The second-order valence-electron chi connectivity index (χ2n) is 9.43. The van der Waals surface area contributed by atoms with Crippen molar-refractivity contribution in [1.82, 2.24) is 4.90 Å².